The average Bonchev–Trinajstić information content (AvgIpc) is 2.73. The highest BCUT2D eigenvalue weighted by Gasteiger charge is 2.11. The van der Waals surface area contributed by atoms with E-state index in [4.69, 9.17) is 20.7 Å². The maximum absolute atomic E-state index is 11.4. The maximum Gasteiger partial charge on any atom is 0.302 e. The van der Waals surface area contributed by atoms with Gasteiger partial charge in [0.2, 0.25) is 5.95 Å². The van der Waals surface area contributed by atoms with Crippen molar-refractivity contribution in [3.63, 3.8) is 0 Å². The second-order valence-corrected chi connectivity index (χ2v) is 3.63. The van der Waals surface area contributed by atoms with Crippen molar-refractivity contribution < 1.29 is 14.9 Å². The second kappa shape index (κ2) is 5.12. The Hall–Kier alpha value is -1.97. The predicted octanol–water partition coefficient (Wildman–Crippen LogP) is -1.90. The molecule has 0 aliphatic heterocycles. The molecule has 0 spiro atoms. The van der Waals surface area contributed by atoms with Crippen LogP contribution in [0.1, 0.15) is 5.82 Å². The van der Waals surface area contributed by atoms with Crippen LogP contribution in [0, 0.1) is 0 Å². The van der Waals surface area contributed by atoms with Gasteiger partial charge in [0.25, 0.3) is 0 Å². The predicted molar refractivity (Wildman–Crippen MR) is 61.7 cm³/mol. The van der Waals surface area contributed by atoms with Gasteiger partial charge in [-0.15, -0.1) is 0 Å². The zero-order valence-corrected chi connectivity index (χ0v) is 9.38. The molecule has 0 saturated carbocycles. The topological polar surface area (TPSA) is 150 Å². The molecule has 9 nitrogen and oxygen atoms in total. The molecule has 2 aromatic heterocycles. The number of aromatic nitrogens is 4. The Balaban J connectivity index is 2.20. The van der Waals surface area contributed by atoms with E-state index in [2.05, 4.69) is 19.9 Å². The number of ether oxygens (including phenoxy) is 1. The van der Waals surface area contributed by atoms with Crippen LogP contribution in [0.4, 0.5) is 5.95 Å². The highest BCUT2D eigenvalue weighted by molar-refractivity contribution is 5.70. The number of nitrogens with one attached hydrogen (secondary N) is 2. The minimum atomic E-state index is -0.683. The van der Waals surface area contributed by atoms with Crippen LogP contribution in [-0.2, 0) is 11.3 Å². The van der Waals surface area contributed by atoms with Crippen LogP contribution in [0.25, 0.3) is 11.2 Å². The Labute approximate surface area is 101 Å². The molecule has 0 unspecified atom stereocenters. The summed E-state index contributed by atoms with van der Waals surface area (Å²) < 4.78 is 5.16. The molecule has 0 saturated heterocycles. The molecule has 98 valence electrons. The Morgan fingerprint density at radius 2 is 2.00 bits per heavy atom. The number of nitrogen functional groups attached to an aromatic ring is 1. The fourth-order valence-electron chi connectivity index (χ4n) is 1.41. The Morgan fingerprint density at radius 3 is 2.67 bits per heavy atom. The summed E-state index contributed by atoms with van der Waals surface area (Å²) >= 11 is 0. The number of aliphatic hydroxyl groups is 2. The van der Waals surface area contributed by atoms with E-state index >= 15 is 0 Å². The molecule has 9 heteroatoms. The standard InChI is InChI=1S/C9H13N5O4/c10-9-13-7-6(8(17)14-9)11-5(12-7)3-18-4(1-15)2-16/h4,15-16H,1-3H2,(H4,10,11,12,13,14,17). The van der Waals surface area contributed by atoms with Crippen molar-refractivity contribution in [2.75, 3.05) is 18.9 Å². The van der Waals surface area contributed by atoms with Crippen LogP contribution < -0.4 is 11.3 Å². The van der Waals surface area contributed by atoms with E-state index in [1.165, 1.54) is 0 Å². The molecule has 0 aliphatic rings. The molecule has 6 N–H and O–H groups in total. The Bertz CT molecular complexity index is 588. The number of rotatable bonds is 5. The lowest BCUT2D eigenvalue weighted by Gasteiger charge is -2.10. The molecule has 2 aromatic rings. The lowest BCUT2D eigenvalue weighted by Crippen LogP contribution is -2.22. The number of anilines is 1. The van der Waals surface area contributed by atoms with E-state index in [0.29, 0.717) is 11.5 Å². The summed E-state index contributed by atoms with van der Waals surface area (Å²) in [6, 6.07) is 0. The maximum atomic E-state index is 11.4. The zero-order valence-electron chi connectivity index (χ0n) is 9.38. The van der Waals surface area contributed by atoms with Crippen LogP contribution in [0.2, 0.25) is 0 Å². The highest BCUT2D eigenvalue weighted by atomic mass is 16.5. The van der Waals surface area contributed by atoms with Crippen molar-refractivity contribution in [1.29, 1.82) is 0 Å². The van der Waals surface area contributed by atoms with Gasteiger partial charge in [0, 0.05) is 0 Å². The van der Waals surface area contributed by atoms with Crippen LogP contribution >= 0.6 is 0 Å². The molecule has 0 aromatic carbocycles. The Kier molecular flexibility index (Phi) is 3.55. The normalized spacial score (nSPS) is 11.5. The molecule has 0 amide bonds. The quantitative estimate of drug-likeness (QED) is 0.418. The summed E-state index contributed by atoms with van der Waals surface area (Å²) in [5.74, 6) is 0.366. The van der Waals surface area contributed by atoms with Gasteiger partial charge in [-0.2, -0.15) is 4.98 Å². The number of fused-ring (bicyclic) bond motifs is 1. The van der Waals surface area contributed by atoms with E-state index < -0.39 is 11.7 Å². The highest BCUT2D eigenvalue weighted by Crippen LogP contribution is 2.06. The molecular weight excluding hydrogens is 242 g/mol. The molecular formula is C9H13N5O4. The van der Waals surface area contributed by atoms with Crippen molar-refractivity contribution in [3.05, 3.63) is 16.2 Å². The third-order valence-electron chi connectivity index (χ3n) is 2.29. The summed E-state index contributed by atoms with van der Waals surface area (Å²) in [7, 11) is 0. The van der Waals surface area contributed by atoms with Gasteiger partial charge in [-0.1, -0.05) is 0 Å². The summed E-state index contributed by atoms with van der Waals surface area (Å²) in [4.78, 5) is 24.4. The fourth-order valence-corrected chi connectivity index (χ4v) is 1.41. The van der Waals surface area contributed by atoms with E-state index in [0.717, 1.165) is 0 Å². The van der Waals surface area contributed by atoms with Crippen molar-refractivity contribution in [2.45, 2.75) is 12.7 Å². The first kappa shape index (κ1) is 12.5. The number of nitrogens with two attached hydrogens (primary N) is 1. The lowest BCUT2D eigenvalue weighted by atomic mass is 10.4. The summed E-state index contributed by atoms with van der Waals surface area (Å²) in [5, 5.41) is 17.7. The van der Waals surface area contributed by atoms with E-state index in [1.807, 2.05) is 0 Å². The molecule has 0 fully saturated rings. The molecule has 0 atom stereocenters. The van der Waals surface area contributed by atoms with Crippen molar-refractivity contribution in [2.24, 2.45) is 0 Å². The number of aromatic amines is 2. The van der Waals surface area contributed by atoms with Gasteiger partial charge in [0.05, 0.1) is 13.2 Å². The van der Waals surface area contributed by atoms with Crippen molar-refractivity contribution >= 4 is 17.1 Å². The van der Waals surface area contributed by atoms with E-state index in [1.54, 1.807) is 0 Å². The number of imidazole rings is 1. The van der Waals surface area contributed by atoms with Crippen LogP contribution in [0.3, 0.4) is 0 Å². The molecule has 0 bridgehead atoms. The minimum Gasteiger partial charge on any atom is -0.394 e. The average molecular weight is 255 g/mol. The lowest BCUT2D eigenvalue weighted by molar-refractivity contribution is -0.0304. The smallest absolute Gasteiger partial charge is 0.302 e. The van der Waals surface area contributed by atoms with Crippen LogP contribution in [-0.4, -0.2) is 49.5 Å². The van der Waals surface area contributed by atoms with Gasteiger partial charge >= 0.3 is 5.56 Å². The van der Waals surface area contributed by atoms with Crippen LogP contribution in [0.15, 0.2) is 4.79 Å². The number of nitrogens with zero attached hydrogens (tertiary/aromatic N) is 2. The summed E-state index contributed by atoms with van der Waals surface area (Å²) in [6.07, 6.45) is -0.683. The number of hydrogen-bond acceptors (Lipinski definition) is 7. The van der Waals surface area contributed by atoms with Crippen LogP contribution in [0.5, 0.6) is 0 Å². The molecule has 18 heavy (non-hydrogen) atoms. The van der Waals surface area contributed by atoms with Gasteiger partial charge in [-0.25, -0.2) is 4.98 Å². The van der Waals surface area contributed by atoms with Gasteiger partial charge in [-0.3, -0.25) is 4.79 Å². The first-order valence-electron chi connectivity index (χ1n) is 5.21. The zero-order chi connectivity index (χ0) is 13.1. The third-order valence-corrected chi connectivity index (χ3v) is 2.29. The van der Waals surface area contributed by atoms with Crippen molar-refractivity contribution in [3.8, 4) is 0 Å². The van der Waals surface area contributed by atoms with Gasteiger partial charge in [-0.05, 0) is 0 Å². The third kappa shape index (κ3) is 2.47. The molecule has 2 rings (SSSR count). The molecule has 0 aliphatic carbocycles. The fraction of sp³-hybridized carbons (Fsp3) is 0.444. The first-order chi connectivity index (χ1) is 8.63. The SMILES string of the molecule is Nc1nc(=O)c2nc(COC(CO)CO)[nH]c2[nH]1. The number of aliphatic hydroxyl groups excluding tert-OH is 2. The minimum absolute atomic E-state index is 0.00721. The van der Waals surface area contributed by atoms with E-state index in [9.17, 15) is 4.79 Å². The van der Waals surface area contributed by atoms with Gasteiger partial charge in [0.15, 0.2) is 5.52 Å². The second-order valence-electron chi connectivity index (χ2n) is 3.63. The Morgan fingerprint density at radius 1 is 1.28 bits per heavy atom. The van der Waals surface area contributed by atoms with Crippen molar-refractivity contribution in [1.82, 2.24) is 19.9 Å². The molecule has 2 heterocycles. The number of hydrogen-bond donors (Lipinski definition) is 5. The first-order valence-corrected chi connectivity index (χ1v) is 5.21. The molecule has 0 radical (unpaired) electrons. The summed E-state index contributed by atoms with van der Waals surface area (Å²) in [5.41, 5.74) is 5.34. The monoisotopic (exact) mass is 255 g/mol. The van der Waals surface area contributed by atoms with Gasteiger partial charge < -0.3 is 30.7 Å². The van der Waals surface area contributed by atoms with E-state index in [-0.39, 0.29) is 31.3 Å². The number of H-pyrrole nitrogens is 2. The van der Waals surface area contributed by atoms with Gasteiger partial charge in [0.1, 0.15) is 24.2 Å². The largest absolute Gasteiger partial charge is 0.394 e. The summed E-state index contributed by atoms with van der Waals surface area (Å²) in [6.45, 7) is -0.581.